The molecule has 0 saturated heterocycles. The van der Waals surface area contributed by atoms with Gasteiger partial charge in [-0.05, 0) is 41.7 Å². The van der Waals surface area contributed by atoms with Gasteiger partial charge in [-0.25, -0.2) is 0 Å². The lowest BCUT2D eigenvalue weighted by molar-refractivity contribution is 0.0951. The first-order chi connectivity index (χ1) is 12.9. The van der Waals surface area contributed by atoms with Gasteiger partial charge >= 0.3 is 0 Å². The van der Waals surface area contributed by atoms with Gasteiger partial charge in [0.15, 0.2) is 0 Å². The summed E-state index contributed by atoms with van der Waals surface area (Å²) in [6.45, 7) is 7.22. The second-order valence-electron chi connectivity index (χ2n) is 6.97. The van der Waals surface area contributed by atoms with Crippen LogP contribution in [0.2, 0.25) is 0 Å². The van der Waals surface area contributed by atoms with Crippen LogP contribution in [0.4, 0.5) is 0 Å². The van der Waals surface area contributed by atoms with E-state index in [2.05, 4.69) is 36.6 Å². The number of carbonyl (C=O) groups is 2. The van der Waals surface area contributed by atoms with Crippen LogP contribution < -0.4 is 16.4 Å². The van der Waals surface area contributed by atoms with Gasteiger partial charge in [-0.3, -0.25) is 9.59 Å². The standard InChI is InChI=1S/C22H29N3O2.ClH/c1-4-12-24-21(26)18-6-5-7-19(13-18)22(27)25-14-20(23)17-10-8-16(9-11-17)15(2)3;/h5-11,13,15,20H,4,12,14,23H2,1-3H3,(H,24,26)(H,25,27);1H. The molecule has 2 amide bonds. The van der Waals surface area contributed by atoms with Gasteiger partial charge < -0.3 is 16.4 Å². The van der Waals surface area contributed by atoms with Crippen molar-refractivity contribution in [1.82, 2.24) is 10.6 Å². The highest BCUT2D eigenvalue weighted by Gasteiger charge is 2.12. The number of halogens is 1. The third kappa shape index (κ3) is 6.66. The Labute approximate surface area is 173 Å². The highest BCUT2D eigenvalue weighted by atomic mass is 35.5. The summed E-state index contributed by atoms with van der Waals surface area (Å²) in [5.41, 5.74) is 9.36. The van der Waals surface area contributed by atoms with E-state index in [-0.39, 0.29) is 30.3 Å². The Morgan fingerprint density at radius 1 is 0.929 bits per heavy atom. The predicted molar refractivity (Wildman–Crippen MR) is 116 cm³/mol. The molecule has 0 spiro atoms. The van der Waals surface area contributed by atoms with Crippen LogP contribution >= 0.6 is 12.4 Å². The van der Waals surface area contributed by atoms with E-state index < -0.39 is 0 Å². The second-order valence-corrected chi connectivity index (χ2v) is 6.97. The van der Waals surface area contributed by atoms with Gasteiger partial charge in [0, 0.05) is 30.3 Å². The first kappa shape index (κ1) is 23.7. The molecule has 1 atom stereocenters. The monoisotopic (exact) mass is 403 g/mol. The van der Waals surface area contributed by atoms with Gasteiger partial charge in [0.2, 0.25) is 0 Å². The summed E-state index contributed by atoms with van der Waals surface area (Å²) in [4.78, 5) is 24.5. The van der Waals surface area contributed by atoms with Crippen molar-refractivity contribution in [3.8, 4) is 0 Å². The van der Waals surface area contributed by atoms with Crippen molar-refractivity contribution in [2.45, 2.75) is 39.2 Å². The number of hydrogen-bond donors (Lipinski definition) is 3. The number of nitrogens with one attached hydrogen (secondary N) is 2. The highest BCUT2D eigenvalue weighted by Crippen LogP contribution is 2.17. The van der Waals surface area contributed by atoms with Crippen LogP contribution in [0.15, 0.2) is 48.5 Å². The van der Waals surface area contributed by atoms with Gasteiger partial charge in [0.1, 0.15) is 0 Å². The minimum absolute atomic E-state index is 0. The highest BCUT2D eigenvalue weighted by molar-refractivity contribution is 5.99. The molecule has 0 aromatic heterocycles. The Kier molecular flexibility index (Phi) is 9.69. The first-order valence-electron chi connectivity index (χ1n) is 9.44. The van der Waals surface area contributed by atoms with Crippen molar-refractivity contribution in [2.75, 3.05) is 13.1 Å². The summed E-state index contributed by atoms with van der Waals surface area (Å²) in [5.74, 6) is 0.0552. The van der Waals surface area contributed by atoms with Crippen LogP contribution in [-0.4, -0.2) is 24.9 Å². The summed E-state index contributed by atoms with van der Waals surface area (Å²) in [6, 6.07) is 14.6. The smallest absolute Gasteiger partial charge is 0.251 e. The average molecular weight is 404 g/mol. The molecule has 28 heavy (non-hydrogen) atoms. The van der Waals surface area contributed by atoms with E-state index in [1.165, 1.54) is 5.56 Å². The van der Waals surface area contributed by atoms with Gasteiger partial charge in [-0.15, -0.1) is 12.4 Å². The Morgan fingerprint density at radius 2 is 1.46 bits per heavy atom. The molecule has 0 saturated carbocycles. The molecule has 0 aliphatic carbocycles. The zero-order valence-electron chi connectivity index (χ0n) is 16.7. The maximum absolute atomic E-state index is 12.4. The second kappa shape index (κ2) is 11.5. The topological polar surface area (TPSA) is 84.2 Å². The lowest BCUT2D eigenvalue weighted by Crippen LogP contribution is -2.32. The predicted octanol–water partition coefficient (Wildman–Crippen LogP) is 3.80. The van der Waals surface area contributed by atoms with Crippen LogP contribution in [0.5, 0.6) is 0 Å². The van der Waals surface area contributed by atoms with Crippen molar-refractivity contribution in [3.63, 3.8) is 0 Å². The Balaban J connectivity index is 0.00000392. The summed E-state index contributed by atoms with van der Waals surface area (Å²) in [6.07, 6.45) is 0.863. The molecule has 0 radical (unpaired) electrons. The summed E-state index contributed by atoms with van der Waals surface area (Å²) in [7, 11) is 0. The minimum atomic E-state index is -0.286. The average Bonchev–Trinajstić information content (AvgIpc) is 2.70. The number of hydrogen-bond acceptors (Lipinski definition) is 3. The zero-order valence-corrected chi connectivity index (χ0v) is 17.5. The molecule has 2 rings (SSSR count). The molecule has 152 valence electrons. The van der Waals surface area contributed by atoms with Gasteiger partial charge in [-0.2, -0.15) is 0 Å². The molecule has 0 heterocycles. The molecule has 6 heteroatoms. The molecule has 0 aliphatic heterocycles. The molecular weight excluding hydrogens is 374 g/mol. The van der Waals surface area contributed by atoms with E-state index in [4.69, 9.17) is 5.73 Å². The maximum atomic E-state index is 12.4. The van der Waals surface area contributed by atoms with E-state index in [0.717, 1.165) is 12.0 Å². The Hall–Kier alpha value is -2.37. The SMILES string of the molecule is CCCNC(=O)c1cccc(C(=O)NCC(N)c2ccc(C(C)C)cc2)c1.Cl. The van der Waals surface area contributed by atoms with Gasteiger partial charge in [0.25, 0.3) is 11.8 Å². The molecule has 2 aromatic rings. The third-order valence-corrected chi connectivity index (χ3v) is 4.44. The number of nitrogens with two attached hydrogens (primary N) is 1. The molecule has 0 bridgehead atoms. The summed E-state index contributed by atoms with van der Waals surface area (Å²) in [5, 5.41) is 5.66. The maximum Gasteiger partial charge on any atom is 0.251 e. The fourth-order valence-corrected chi connectivity index (χ4v) is 2.69. The van der Waals surface area contributed by atoms with E-state index in [1.54, 1.807) is 24.3 Å². The largest absolute Gasteiger partial charge is 0.352 e. The fourth-order valence-electron chi connectivity index (χ4n) is 2.69. The molecule has 2 aromatic carbocycles. The van der Waals surface area contributed by atoms with E-state index in [9.17, 15) is 9.59 Å². The van der Waals surface area contributed by atoms with E-state index in [0.29, 0.717) is 30.1 Å². The van der Waals surface area contributed by atoms with E-state index in [1.807, 2.05) is 19.1 Å². The number of amides is 2. The van der Waals surface area contributed by atoms with Crippen LogP contribution in [0.1, 0.15) is 71.0 Å². The quantitative estimate of drug-likeness (QED) is 0.626. The molecule has 0 aliphatic rings. The zero-order chi connectivity index (χ0) is 19.8. The third-order valence-electron chi connectivity index (χ3n) is 4.44. The normalized spacial score (nSPS) is 11.5. The van der Waals surface area contributed by atoms with Crippen LogP contribution in [0.3, 0.4) is 0 Å². The van der Waals surface area contributed by atoms with Crippen LogP contribution in [0, 0.1) is 0 Å². The molecule has 5 nitrogen and oxygen atoms in total. The lowest BCUT2D eigenvalue weighted by atomic mass is 9.99. The molecule has 0 fully saturated rings. The van der Waals surface area contributed by atoms with Crippen LogP contribution in [0.25, 0.3) is 0 Å². The van der Waals surface area contributed by atoms with Crippen molar-refractivity contribution in [3.05, 3.63) is 70.8 Å². The van der Waals surface area contributed by atoms with E-state index >= 15 is 0 Å². The molecule has 4 N–H and O–H groups in total. The van der Waals surface area contributed by atoms with Crippen molar-refractivity contribution in [1.29, 1.82) is 0 Å². The van der Waals surface area contributed by atoms with Crippen molar-refractivity contribution >= 4 is 24.2 Å². The van der Waals surface area contributed by atoms with Gasteiger partial charge in [0.05, 0.1) is 0 Å². The lowest BCUT2D eigenvalue weighted by Gasteiger charge is -2.15. The molecular formula is C22H30ClN3O2. The Bertz CT molecular complexity index is 776. The number of rotatable bonds is 8. The first-order valence-corrected chi connectivity index (χ1v) is 9.44. The summed E-state index contributed by atoms with van der Waals surface area (Å²) >= 11 is 0. The van der Waals surface area contributed by atoms with Crippen LogP contribution in [-0.2, 0) is 0 Å². The van der Waals surface area contributed by atoms with Crippen molar-refractivity contribution < 1.29 is 9.59 Å². The minimum Gasteiger partial charge on any atom is -0.352 e. The van der Waals surface area contributed by atoms with Gasteiger partial charge in [-0.1, -0.05) is 51.1 Å². The Morgan fingerprint density at radius 3 is 2.00 bits per heavy atom. The fraction of sp³-hybridized carbons (Fsp3) is 0.364. The molecule has 1 unspecified atom stereocenters. The number of benzene rings is 2. The number of carbonyl (C=O) groups excluding carboxylic acids is 2. The summed E-state index contributed by atoms with van der Waals surface area (Å²) < 4.78 is 0. The van der Waals surface area contributed by atoms with Crippen molar-refractivity contribution in [2.24, 2.45) is 5.73 Å².